The van der Waals surface area contributed by atoms with E-state index in [4.69, 9.17) is 32.2 Å². The van der Waals surface area contributed by atoms with Crippen LogP contribution in [0, 0.1) is 5.41 Å². The molecule has 0 aliphatic heterocycles. The van der Waals surface area contributed by atoms with Gasteiger partial charge in [0.1, 0.15) is 5.84 Å². The minimum absolute atomic E-state index is 0.00493. The SMILES string of the molecule is CCOCCN(CCOCC)c1ccc(Cl)cc1C(=N)N. The molecular weight excluding hydrogens is 290 g/mol. The Bertz CT molecular complexity index is 445. The van der Waals surface area contributed by atoms with Crippen LogP contribution >= 0.6 is 11.6 Å². The molecule has 0 radical (unpaired) electrons. The van der Waals surface area contributed by atoms with Crippen LogP contribution in [0.2, 0.25) is 5.02 Å². The summed E-state index contributed by atoms with van der Waals surface area (Å²) in [5.74, 6) is 0.00493. The lowest BCUT2D eigenvalue weighted by Gasteiger charge is -2.27. The molecule has 0 fully saturated rings. The number of nitrogens with two attached hydrogens (primary N) is 1. The molecule has 3 N–H and O–H groups in total. The van der Waals surface area contributed by atoms with Crippen molar-refractivity contribution in [2.75, 3.05) is 44.4 Å². The van der Waals surface area contributed by atoms with Crippen molar-refractivity contribution in [3.63, 3.8) is 0 Å². The third kappa shape index (κ3) is 5.91. The normalized spacial score (nSPS) is 10.6. The summed E-state index contributed by atoms with van der Waals surface area (Å²) < 4.78 is 10.8. The van der Waals surface area contributed by atoms with Crippen LogP contribution in [0.4, 0.5) is 5.69 Å². The zero-order valence-electron chi connectivity index (χ0n) is 12.7. The first kappa shape index (κ1) is 17.8. The van der Waals surface area contributed by atoms with Gasteiger partial charge < -0.3 is 20.1 Å². The van der Waals surface area contributed by atoms with E-state index in [1.807, 2.05) is 19.9 Å². The lowest BCUT2D eigenvalue weighted by Crippen LogP contribution is -2.33. The van der Waals surface area contributed by atoms with Crippen molar-refractivity contribution in [1.82, 2.24) is 0 Å². The Morgan fingerprint density at radius 3 is 2.24 bits per heavy atom. The average Bonchev–Trinajstić information content (AvgIpc) is 2.46. The molecule has 0 aliphatic rings. The summed E-state index contributed by atoms with van der Waals surface area (Å²) in [7, 11) is 0. The number of halogens is 1. The van der Waals surface area contributed by atoms with Gasteiger partial charge in [0.2, 0.25) is 0 Å². The monoisotopic (exact) mass is 313 g/mol. The van der Waals surface area contributed by atoms with E-state index in [1.54, 1.807) is 12.1 Å². The number of nitrogens with zero attached hydrogens (tertiary/aromatic N) is 1. The lowest BCUT2D eigenvalue weighted by molar-refractivity contribution is 0.141. The molecule has 0 saturated carbocycles. The fraction of sp³-hybridized carbons (Fsp3) is 0.533. The molecule has 21 heavy (non-hydrogen) atoms. The molecule has 0 spiro atoms. The van der Waals surface area contributed by atoms with Crippen molar-refractivity contribution in [3.8, 4) is 0 Å². The number of anilines is 1. The van der Waals surface area contributed by atoms with Crippen molar-refractivity contribution in [2.24, 2.45) is 5.73 Å². The van der Waals surface area contributed by atoms with E-state index in [9.17, 15) is 0 Å². The number of nitrogen functional groups attached to an aromatic ring is 1. The van der Waals surface area contributed by atoms with Crippen molar-refractivity contribution in [1.29, 1.82) is 5.41 Å². The maximum Gasteiger partial charge on any atom is 0.124 e. The number of amidine groups is 1. The standard InChI is InChI=1S/C15H24ClN3O2/c1-3-20-9-7-19(8-10-21-4-2)14-6-5-12(16)11-13(14)15(17)18/h5-6,11H,3-4,7-10H2,1-2H3,(H3,17,18). The van der Waals surface area contributed by atoms with Gasteiger partial charge in [-0.25, -0.2) is 0 Å². The number of hydrogen-bond donors (Lipinski definition) is 2. The molecular formula is C15H24ClN3O2. The number of rotatable bonds is 10. The van der Waals surface area contributed by atoms with Crippen LogP contribution in [0.15, 0.2) is 18.2 Å². The van der Waals surface area contributed by atoms with Gasteiger partial charge in [0, 0.05) is 42.6 Å². The van der Waals surface area contributed by atoms with Gasteiger partial charge in [-0.2, -0.15) is 0 Å². The third-order valence-corrected chi connectivity index (χ3v) is 3.24. The van der Waals surface area contributed by atoms with E-state index in [2.05, 4.69) is 4.90 Å². The minimum Gasteiger partial charge on any atom is -0.384 e. The zero-order valence-corrected chi connectivity index (χ0v) is 13.4. The Labute approximate surface area is 131 Å². The molecule has 0 unspecified atom stereocenters. The molecule has 5 nitrogen and oxygen atoms in total. The topological polar surface area (TPSA) is 71.6 Å². The largest absolute Gasteiger partial charge is 0.384 e. The molecule has 1 rings (SSSR count). The van der Waals surface area contributed by atoms with Crippen LogP contribution < -0.4 is 10.6 Å². The first-order valence-corrected chi connectivity index (χ1v) is 7.52. The highest BCUT2D eigenvalue weighted by Crippen LogP contribution is 2.24. The van der Waals surface area contributed by atoms with Gasteiger partial charge in [-0.1, -0.05) is 11.6 Å². The quantitative estimate of drug-likeness (QED) is 0.395. The van der Waals surface area contributed by atoms with Gasteiger partial charge >= 0.3 is 0 Å². The van der Waals surface area contributed by atoms with Crippen LogP contribution in [0.1, 0.15) is 19.4 Å². The second kappa shape index (κ2) is 9.60. The Balaban J connectivity index is 2.91. The Hall–Kier alpha value is -1.30. The van der Waals surface area contributed by atoms with Gasteiger partial charge in [0.15, 0.2) is 0 Å². The lowest BCUT2D eigenvalue weighted by atomic mass is 10.1. The van der Waals surface area contributed by atoms with Gasteiger partial charge in [0.05, 0.1) is 13.2 Å². The van der Waals surface area contributed by atoms with Crippen molar-refractivity contribution in [2.45, 2.75) is 13.8 Å². The molecule has 0 heterocycles. The zero-order chi connectivity index (χ0) is 15.7. The fourth-order valence-corrected chi connectivity index (χ4v) is 2.16. The highest BCUT2D eigenvalue weighted by Gasteiger charge is 2.13. The Kier molecular flexibility index (Phi) is 8.12. The molecule has 118 valence electrons. The molecule has 0 saturated heterocycles. The van der Waals surface area contributed by atoms with E-state index >= 15 is 0 Å². The van der Waals surface area contributed by atoms with Crippen LogP contribution in [-0.4, -0.2) is 45.4 Å². The maximum atomic E-state index is 7.72. The van der Waals surface area contributed by atoms with E-state index < -0.39 is 0 Å². The summed E-state index contributed by atoms with van der Waals surface area (Å²) in [4.78, 5) is 2.11. The van der Waals surface area contributed by atoms with Crippen LogP contribution in [0.25, 0.3) is 0 Å². The predicted octanol–water partition coefficient (Wildman–Crippen LogP) is 2.50. The molecule has 0 atom stereocenters. The van der Waals surface area contributed by atoms with Crippen molar-refractivity contribution in [3.05, 3.63) is 28.8 Å². The highest BCUT2D eigenvalue weighted by atomic mass is 35.5. The smallest absolute Gasteiger partial charge is 0.124 e. The van der Waals surface area contributed by atoms with Gasteiger partial charge in [0.25, 0.3) is 0 Å². The van der Waals surface area contributed by atoms with E-state index in [0.717, 1.165) is 5.69 Å². The molecule has 0 aromatic heterocycles. The van der Waals surface area contributed by atoms with Crippen LogP contribution in [0.5, 0.6) is 0 Å². The number of hydrogen-bond acceptors (Lipinski definition) is 4. The number of ether oxygens (including phenoxy) is 2. The number of benzene rings is 1. The molecule has 1 aromatic rings. The van der Waals surface area contributed by atoms with Crippen molar-refractivity contribution >= 4 is 23.1 Å². The Morgan fingerprint density at radius 1 is 1.19 bits per heavy atom. The molecule has 0 bridgehead atoms. The van der Waals surface area contributed by atoms with E-state index in [-0.39, 0.29) is 5.84 Å². The molecule has 1 aromatic carbocycles. The fourth-order valence-electron chi connectivity index (χ4n) is 1.99. The summed E-state index contributed by atoms with van der Waals surface area (Å²) in [5, 5.41) is 8.29. The van der Waals surface area contributed by atoms with Crippen LogP contribution in [-0.2, 0) is 9.47 Å². The molecule has 0 amide bonds. The average molecular weight is 314 g/mol. The van der Waals surface area contributed by atoms with Crippen LogP contribution in [0.3, 0.4) is 0 Å². The minimum atomic E-state index is 0.00493. The summed E-state index contributed by atoms with van der Waals surface area (Å²) in [6.07, 6.45) is 0. The summed E-state index contributed by atoms with van der Waals surface area (Å²) in [6, 6.07) is 5.40. The third-order valence-electron chi connectivity index (χ3n) is 3.01. The second-order valence-electron chi connectivity index (χ2n) is 4.46. The van der Waals surface area contributed by atoms with Gasteiger partial charge in [-0.15, -0.1) is 0 Å². The highest BCUT2D eigenvalue weighted by molar-refractivity contribution is 6.31. The predicted molar refractivity (Wildman–Crippen MR) is 87.7 cm³/mol. The van der Waals surface area contributed by atoms with Gasteiger partial charge in [-0.05, 0) is 32.0 Å². The Morgan fingerprint density at radius 2 is 1.76 bits per heavy atom. The first-order chi connectivity index (χ1) is 10.1. The van der Waals surface area contributed by atoms with Crippen molar-refractivity contribution < 1.29 is 9.47 Å². The molecule has 6 heteroatoms. The second-order valence-corrected chi connectivity index (χ2v) is 4.89. The summed E-state index contributed by atoms with van der Waals surface area (Å²) in [5.41, 5.74) is 7.18. The summed E-state index contributed by atoms with van der Waals surface area (Å²) in [6.45, 7) is 7.94. The summed E-state index contributed by atoms with van der Waals surface area (Å²) >= 11 is 6.00. The van der Waals surface area contributed by atoms with E-state index in [1.165, 1.54) is 0 Å². The van der Waals surface area contributed by atoms with Gasteiger partial charge in [-0.3, -0.25) is 5.41 Å². The maximum absolute atomic E-state index is 7.72. The van der Waals surface area contributed by atoms with E-state index in [0.29, 0.717) is 50.1 Å². The first-order valence-electron chi connectivity index (χ1n) is 7.14. The molecule has 0 aliphatic carbocycles. The number of nitrogens with one attached hydrogen (secondary N) is 1.